The number of hydrogen-bond acceptors (Lipinski definition) is 6. The molecule has 0 unspecified atom stereocenters. The van der Waals surface area contributed by atoms with Crippen LogP contribution in [0.15, 0.2) is 48.8 Å². The van der Waals surface area contributed by atoms with Gasteiger partial charge in [0.1, 0.15) is 4.70 Å². The van der Waals surface area contributed by atoms with Crippen molar-refractivity contribution in [1.29, 1.82) is 0 Å². The second-order valence-electron chi connectivity index (χ2n) is 8.90. The zero-order valence-corrected chi connectivity index (χ0v) is 20.0. The molecule has 3 aromatic heterocycles. The molecule has 0 spiro atoms. The van der Waals surface area contributed by atoms with Gasteiger partial charge in [-0.2, -0.15) is 10.1 Å². The number of benzene rings is 1. The van der Waals surface area contributed by atoms with E-state index in [9.17, 15) is 9.59 Å². The Labute approximate surface area is 196 Å². The molecule has 0 bridgehead atoms. The highest BCUT2D eigenvalue weighted by molar-refractivity contribution is 7.22. The molecule has 0 aliphatic rings. The Morgan fingerprint density at radius 3 is 2.33 bits per heavy atom. The van der Waals surface area contributed by atoms with Crippen LogP contribution in [0.3, 0.4) is 0 Å². The number of anilines is 1. The van der Waals surface area contributed by atoms with Gasteiger partial charge in [0.2, 0.25) is 0 Å². The van der Waals surface area contributed by atoms with Gasteiger partial charge < -0.3 is 5.32 Å². The minimum Gasteiger partial charge on any atom is -0.344 e. The van der Waals surface area contributed by atoms with Gasteiger partial charge in [-0.05, 0) is 64.4 Å². The number of rotatable bonds is 5. The fourth-order valence-corrected chi connectivity index (χ4v) is 4.27. The molecule has 0 aliphatic heterocycles. The number of aromatic nitrogens is 4. The summed E-state index contributed by atoms with van der Waals surface area (Å²) in [5.74, 6) is -0.550. The zero-order chi connectivity index (χ0) is 23.8. The Bertz CT molecular complexity index is 1300. The second kappa shape index (κ2) is 8.74. The number of nitrogens with zero attached hydrogens (tertiary/aromatic N) is 4. The third-order valence-corrected chi connectivity index (χ3v) is 6.13. The van der Waals surface area contributed by atoms with Crippen molar-refractivity contribution in [1.82, 2.24) is 25.1 Å². The van der Waals surface area contributed by atoms with Crippen molar-refractivity contribution in [3.8, 4) is 0 Å². The van der Waals surface area contributed by atoms with Gasteiger partial charge in [0.25, 0.3) is 11.8 Å². The molecular weight excluding hydrogens is 436 g/mol. The van der Waals surface area contributed by atoms with Gasteiger partial charge in [-0.15, -0.1) is 0 Å². The molecule has 0 saturated carbocycles. The van der Waals surface area contributed by atoms with Gasteiger partial charge >= 0.3 is 0 Å². The van der Waals surface area contributed by atoms with E-state index in [0.29, 0.717) is 21.0 Å². The van der Waals surface area contributed by atoms with Crippen molar-refractivity contribution in [2.75, 3.05) is 5.32 Å². The standard InChI is InChI=1S/C24H26N6O2S/c1-14-6-8-17(9-7-14)21(31)28-23-27-20-19(33-23)18(29-30(20)24(3,4)5)22(32)26-15(2)16-10-12-25-13-11-16/h6-13,15H,1-5H3,(H,26,32)(H,27,28,31)/t15-/m0/s1. The highest BCUT2D eigenvalue weighted by Gasteiger charge is 2.28. The summed E-state index contributed by atoms with van der Waals surface area (Å²) in [5.41, 5.74) is 3.01. The van der Waals surface area contributed by atoms with Gasteiger partial charge in [-0.25, -0.2) is 4.68 Å². The molecule has 3 heterocycles. The number of amides is 2. The highest BCUT2D eigenvalue weighted by atomic mass is 32.1. The van der Waals surface area contributed by atoms with Gasteiger partial charge in [0.05, 0.1) is 11.6 Å². The molecule has 1 aromatic carbocycles. The molecule has 4 aromatic rings. The summed E-state index contributed by atoms with van der Waals surface area (Å²) in [6.07, 6.45) is 3.38. The molecule has 1 atom stereocenters. The van der Waals surface area contributed by atoms with E-state index in [1.807, 2.05) is 58.9 Å². The van der Waals surface area contributed by atoms with E-state index in [4.69, 9.17) is 0 Å². The number of carbonyl (C=O) groups excluding carboxylic acids is 2. The van der Waals surface area contributed by atoms with Gasteiger partial charge in [0, 0.05) is 18.0 Å². The van der Waals surface area contributed by atoms with E-state index in [1.54, 1.807) is 29.2 Å². The zero-order valence-electron chi connectivity index (χ0n) is 19.2. The molecule has 8 nitrogen and oxygen atoms in total. The van der Waals surface area contributed by atoms with Crippen molar-refractivity contribution in [2.24, 2.45) is 0 Å². The van der Waals surface area contributed by atoms with E-state index < -0.39 is 5.54 Å². The molecule has 0 radical (unpaired) electrons. The van der Waals surface area contributed by atoms with Crippen LogP contribution in [0.25, 0.3) is 10.3 Å². The molecule has 9 heteroatoms. The number of fused-ring (bicyclic) bond motifs is 1. The Kier molecular flexibility index (Phi) is 5.99. The molecule has 0 saturated heterocycles. The van der Waals surface area contributed by atoms with Crippen molar-refractivity contribution in [3.63, 3.8) is 0 Å². The van der Waals surface area contributed by atoms with Crippen LogP contribution in [0.4, 0.5) is 5.13 Å². The summed E-state index contributed by atoms with van der Waals surface area (Å²) in [7, 11) is 0. The van der Waals surface area contributed by atoms with Crippen LogP contribution in [0, 0.1) is 6.92 Å². The maximum atomic E-state index is 13.2. The number of thiazole rings is 1. The summed E-state index contributed by atoms with van der Waals surface area (Å²) in [6.45, 7) is 9.85. The minimum absolute atomic E-state index is 0.219. The third-order valence-electron chi connectivity index (χ3n) is 5.16. The first-order valence-electron chi connectivity index (χ1n) is 10.6. The first kappa shape index (κ1) is 22.6. The monoisotopic (exact) mass is 462 g/mol. The number of nitrogens with one attached hydrogen (secondary N) is 2. The van der Waals surface area contributed by atoms with E-state index in [2.05, 4.69) is 25.7 Å². The maximum Gasteiger partial charge on any atom is 0.273 e. The molecule has 0 fully saturated rings. The van der Waals surface area contributed by atoms with Gasteiger partial charge in [-0.3, -0.25) is 19.9 Å². The van der Waals surface area contributed by atoms with Crippen LogP contribution in [-0.2, 0) is 5.54 Å². The van der Waals surface area contributed by atoms with Gasteiger partial charge in [-0.1, -0.05) is 29.0 Å². The number of carbonyl (C=O) groups is 2. The molecule has 33 heavy (non-hydrogen) atoms. The number of hydrogen-bond donors (Lipinski definition) is 2. The van der Waals surface area contributed by atoms with E-state index >= 15 is 0 Å². The lowest BCUT2D eigenvalue weighted by Gasteiger charge is -2.19. The molecule has 170 valence electrons. The third kappa shape index (κ3) is 4.78. The van der Waals surface area contributed by atoms with Crippen LogP contribution in [0.2, 0.25) is 0 Å². The SMILES string of the molecule is Cc1ccc(C(=O)Nc2nc3c(s2)c(C(=O)N[C@@H](C)c2ccncc2)nn3C(C)(C)C)cc1. The Morgan fingerprint density at radius 1 is 1.03 bits per heavy atom. The van der Waals surface area contributed by atoms with Crippen LogP contribution in [0.5, 0.6) is 0 Å². The van der Waals surface area contributed by atoms with Gasteiger partial charge in [0.15, 0.2) is 16.5 Å². The summed E-state index contributed by atoms with van der Waals surface area (Å²) in [4.78, 5) is 34.5. The molecule has 2 amide bonds. The first-order chi connectivity index (χ1) is 15.6. The largest absolute Gasteiger partial charge is 0.344 e. The van der Waals surface area contributed by atoms with Crippen molar-refractivity contribution < 1.29 is 9.59 Å². The van der Waals surface area contributed by atoms with Crippen LogP contribution in [0.1, 0.15) is 65.7 Å². The number of pyridine rings is 1. The van der Waals surface area contributed by atoms with Crippen LogP contribution >= 0.6 is 11.3 Å². The summed E-state index contributed by atoms with van der Waals surface area (Å²) < 4.78 is 2.36. The van der Waals surface area contributed by atoms with Crippen molar-refractivity contribution >= 4 is 38.6 Å². The fourth-order valence-electron chi connectivity index (χ4n) is 3.35. The lowest BCUT2D eigenvalue weighted by Crippen LogP contribution is -2.28. The van der Waals surface area contributed by atoms with Crippen LogP contribution in [-0.4, -0.2) is 31.6 Å². The average molecular weight is 463 g/mol. The summed E-state index contributed by atoms with van der Waals surface area (Å²) >= 11 is 1.24. The van der Waals surface area contributed by atoms with E-state index in [-0.39, 0.29) is 23.6 Å². The number of aryl methyl sites for hydroxylation is 1. The van der Waals surface area contributed by atoms with Crippen molar-refractivity contribution in [3.05, 3.63) is 71.2 Å². The Hall–Kier alpha value is -3.59. The molecule has 2 N–H and O–H groups in total. The predicted octanol–water partition coefficient (Wildman–Crippen LogP) is 4.69. The normalized spacial score (nSPS) is 12.5. The fraction of sp³-hybridized carbons (Fsp3) is 0.292. The smallest absolute Gasteiger partial charge is 0.273 e. The highest BCUT2D eigenvalue weighted by Crippen LogP contribution is 2.32. The van der Waals surface area contributed by atoms with Crippen LogP contribution < -0.4 is 10.6 Å². The predicted molar refractivity (Wildman–Crippen MR) is 130 cm³/mol. The van der Waals surface area contributed by atoms with E-state index in [0.717, 1.165) is 11.1 Å². The summed E-state index contributed by atoms with van der Waals surface area (Å²) in [5, 5.41) is 10.9. The summed E-state index contributed by atoms with van der Waals surface area (Å²) in [6, 6.07) is 10.8. The lowest BCUT2D eigenvalue weighted by atomic mass is 10.1. The second-order valence-corrected chi connectivity index (χ2v) is 9.90. The Morgan fingerprint density at radius 2 is 1.70 bits per heavy atom. The van der Waals surface area contributed by atoms with Crippen molar-refractivity contribution in [2.45, 2.75) is 46.2 Å². The molecule has 4 rings (SSSR count). The minimum atomic E-state index is -0.403. The molecule has 0 aliphatic carbocycles. The quantitative estimate of drug-likeness (QED) is 0.448. The van der Waals surface area contributed by atoms with E-state index in [1.165, 1.54) is 11.3 Å². The average Bonchev–Trinajstić information content (AvgIpc) is 3.32. The Balaban J connectivity index is 1.65. The lowest BCUT2D eigenvalue weighted by molar-refractivity contribution is 0.0934. The molecular formula is C24H26N6O2S. The topological polar surface area (TPSA) is 102 Å². The maximum absolute atomic E-state index is 13.2. The first-order valence-corrected chi connectivity index (χ1v) is 11.4.